The largest absolute Gasteiger partial charge is 0.355 e. The SMILES string of the molecule is O=C(c1cccc(N(F)C(=O)c2ccccc2)c1)c1ccc2ncc(N3CCCC3)nc2c1. The summed E-state index contributed by atoms with van der Waals surface area (Å²) in [7, 11) is 0. The van der Waals surface area contributed by atoms with Crippen LogP contribution in [0.15, 0.2) is 79.0 Å². The number of carbonyl (C=O) groups is 2. The lowest BCUT2D eigenvalue weighted by Gasteiger charge is -2.16. The number of amides is 1. The van der Waals surface area contributed by atoms with E-state index in [2.05, 4.69) is 9.88 Å². The molecule has 1 fully saturated rings. The first-order valence-corrected chi connectivity index (χ1v) is 10.8. The van der Waals surface area contributed by atoms with Crippen LogP contribution in [-0.2, 0) is 0 Å². The number of fused-ring (bicyclic) bond motifs is 1. The summed E-state index contributed by atoms with van der Waals surface area (Å²) in [4.78, 5) is 36.9. The number of aromatic nitrogens is 2. The lowest BCUT2D eigenvalue weighted by Crippen LogP contribution is -2.22. The molecule has 0 aliphatic carbocycles. The molecule has 1 saturated heterocycles. The molecule has 0 unspecified atom stereocenters. The number of anilines is 2. The maximum absolute atomic E-state index is 14.8. The second-order valence-corrected chi connectivity index (χ2v) is 7.96. The second-order valence-electron chi connectivity index (χ2n) is 7.96. The Morgan fingerprint density at radius 2 is 1.55 bits per heavy atom. The van der Waals surface area contributed by atoms with E-state index in [9.17, 15) is 14.1 Å². The predicted molar refractivity (Wildman–Crippen MR) is 125 cm³/mol. The molecule has 7 heteroatoms. The van der Waals surface area contributed by atoms with Crippen molar-refractivity contribution in [2.45, 2.75) is 12.8 Å². The molecular weight excluding hydrogens is 419 g/mol. The Labute approximate surface area is 190 Å². The van der Waals surface area contributed by atoms with Gasteiger partial charge in [0, 0.05) is 29.8 Å². The van der Waals surface area contributed by atoms with E-state index in [1.54, 1.807) is 54.7 Å². The zero-order valence-corrected chi connectivity index (χ0v) is 17.8. The zero-order valence-electron chi connectivity index (χ0n) is 17.8. The highest BCUT2D eigenvalue weighted by molar-refractivity contribution is 6.11. The third kappa shape index (κ3) is 4.17. The molecule has 1 aliphatic heterocycles. The average molecular weight is 440 g/mol. The van der Waals surface area contributed by atoms with E-state index in [0.717, 1.165) is 31.7 Å². The maximum atomic E-state index is 14.8. The summed E-state index contributed by atoms with van der Waals surface area (Å²) in [6.07, 6.45) is 4.03. The molecule has 0 atom stereocenters. The van der Waals surface area contributed by atoms with Crippen LogP contribution in [0.1, 0.15) is 39.1 Å². The summed E-state index contributed by atoms with van der Waals surface area (Å²) < 4.78 is 14.8. The van der Waals surface area contributed by atoms with Gasteiger partial charge in [-0.2, -0.15) is 0 Å². The minimum Gasteiger partial charge on any atom is -0.355 e. The fourth-order valence-electron chi connectivity index (χ4n) is 3.99. The highest BCUT2D eigenvalue weighted by Crippen LogP contribution is 2.24. The van der Waals surface area contributed by atoms with Crippen molar-refractivity contribution >= 4 is 34.2 Å². The smallest absolute Gasteiger partial charge is 0.286 e. The van der Waals surface area contributed by atoms with Crippen molar-refractivity contribution < 1.29 is 14.1 Å². The van der Waals surface area contributed by atoms with E-state index < -0.39 is 5.91 Å². The molecule has 1 aliphatic rings. The number of ketones is 1. The first kappa shape index (κ1) is 20.8. The molecule has 0 spiro atoms. The van der Waals surface area contributed by atoms with Crippen LogP contribution >= 0.6 is 0 Å². The fraction of sp³-hybridized carbons (Fsp3) is 0.154. The predicted octanol–water partition coefficient (Wildman–Crippen LogP) is 4.99. The van der Waals surface area contributed by atoms with Crippen LogP contribution in [0.25, 0.3) is 11.0 Å². The topological polar surface area (TPSA) is 66.4 Å². The highest BCUT2D eigenvalue weighted by atomic mass is 19.2. The van der Waals surface area contributed by atoms with Crippen LogP contribution in [0.5, 0.6) is 0 Å². The monoisotopic (exact) mass is 440 g/mol. The molecule has 0 N–H and O–H groups in total. The molecule has 164 valence electrons. The van der Waals surface area contributed by atoms with Gasteiger partial charge in [-0.3, -0.25) is 14.6 Å². The molecule has 1 amide bonds. The van der Waals surface area contributed by atoms with Crippen LogP contribution in [0.3, 0.4) is 0 Å². The van der Waals surface area contributed by atoms with Crippen molar-refractivity contribution in [2.75, 3.05) is 23.1 Å². The molecule has 2 heterocycles. The van der Waals surface area contributed by atoms with Crippen molar-refractivity contribution in [3.8, 4) is 0 Å². The van der Waals surface area contributed by atoms with Gasteiger partial charge in [0.15, 0.2) is 5.78 Å². The molecule has 0 radical (unpaired) electrons. The van der Waals surface area contributed by atoms with Gasteiger partial charge >= 0.3 is 0 Å². The molecule has 5 rings (SSSR count). The normalized spacial score (nSPS) is 13.3. The molecule has 3 aromatic carbocycles. The summed E-state index contributed by atoms with van der Waals surface area (Å²) in [5.41, 5.74) is 2.25. The standard InChI is InChI=1S/C26H21FN4O2/c27-31(26(33)18-7-2-1-3-8-18)21-10-6-9-19(15-21)25(32)20-11-12-22-23(16-20)29-24(17-28-22)30-13-4-5-14-30/h1-3,6-12,15-17H,4-5,13-14H2. The van der Waals surface area contributed by atoms with Gasteiger partial charge in [-0.1, -0.05) is 34.8 Å². The number of hydrogen-bond donors (Lipinski definition) is 0. The van der Waals surface area contributed by atoms with E-state index in [1.807, 2.05) is 0 Å². The lowest BCUT2D eigenvalue weighted by molar-refractivity contribution is 0.0930. The molecule has 1 aromatic heterocycles. The van der Waals surface area contributed by atoms with Gasteiger partial charge in [0.2, 0.25) is 0 Å². The number of halogens is 1. The number of hydrogen-bond acceptors (Lipinski definition) is 5. The van der Waals surface area contributed by atoms with Gasteiger partial charge in [0.25, 0.3) is 5.91 Å². The van der Waals surface area contributed by atoms with Gasteiger partial charge in [-0.15, -0.1) is 5.12 Å². The third-order valence-electron chi connectivity index (χ3n) is 5.76. The number of carbonyl (C=O) groups excluding carboxylic acids is 2. The highest BCUT2D eigenvalue weighted by Gasteiger charge is 2.20. The fourth-order valence-corrected chi connectivity index (χ4v) is 3.99. The van der Waals surface area contributed by atoms with E-state index in [-0.39, 0.29) is 27.7 Å². The number of benzene rings is 3. The number of nitrogens with zero attached hydrogens (tertiary/aromatic N) is 4. The Kier molecular flexibility index (Phi) is 5.52. The van der Waals surface area contributed by atoms with Crippen molar-refractivity contribution in [2.24, 2.45) is 0 Å². The van der Waals surface area contributed by atoms with Crippen LogP contribution in [0.2, 0.25) is 0 Å². The summed E-state index contributed by atoms with van der Waals surface area (Å²) >= 11 is 0. The summed E-state index contributed by atoms with van der Waals surface area (Å²) in [6.45, 7) is 1.90. The quantitative estimate of drug-likeness (QED) is 0.323. The van der Waals surface area contributed by atoms with Crippen LogP contribution in [0, 0.1) is 0 Å². The van der Waals surface area contributed by atoms with Crippen molar-refractivity contribution in [1.29, 1.82) is 0 Å². The van der Waals surface area contributed by atoms with Gasteiger partial charge in [0.1, 0.15) is 5.82 Å². The molecule has 33 heavy (non-hydrogen) atoms. The van der Waals surface area contributed by atoms with Crippen LogP contribution in [-0.4, -0.2) is 34.7 Å². The van der Waals surface area contributed by atoms with Crippen LogP contribution in [0.4, 0.5) is 16.0 Å². The Hall–Kier alpha value is -4.13. The maximum Gasteiger partial charge on any atom is 0.286 e. The minimum atomic E-state index is -0.796. The first-order chi connectivity index (χ1) is 16.1. The van der Waals surface area contributed by atoms with E-state index in [0.29, 0.717) is 16.6 Å². The van der Waals surface area contributed by atoms with E-state index >= 15 is 0 Å². The Bertz CT molecular complexity index is 1340. The Morgan fingerprint density at radius 3 is 2.33 bits per heavy atom. The molecule has 4 aromatic rings. The van der Waals surface area contributed by atoms with Gasteiger partial charge in [-0.25, -0.2) is 4.98 Å². The van der Waals surface area contributed by atoms with Crippen molar-refractivity contribution in [3.63, 3.8) is 0 Å². The Morgan fingerprint density at radius 1 is 0.818 bits per heavy atom. The van der Waals surface area contributed by atoms with Crippen molar-refractivity contribution in [1.82, 2.24) is 9.97 Å². The van der Waals surface area contributed by atoms with Gasteiger partial charge in [-0.05, 0) is 55.3 Å². The molecule has 0 bridgehead atoms. The number of rotatable bonds is 5. The van der Waals surface area contributed by atoms with E-state index in [1.165, 1.54) is 24.3 Å². The Balaban J connectivity index is 1.42. The summed E-state index contributed by atoms with van der Waals surface area (Å²) in [5, 5.41) is 0.0559. The average Bonchev–Trinajstić information content (AvgIpc) is 3.42. The molecule has 6 nitrogen and oxygen atoms in total. The molecular formula is C26H21FN4O2. The summed E-state index contributed by atoms with van der Waals surface area (Å²) in [5.74, 6) is -0.276. The van der Waals surface area contributed by atoms with Gasteiger partial charge < -0.3 is 4.90 Å². The minimum absolute atomic E-state index is 0.00777. The summed E-state index contributed by atoms with van der Waals surface area (Å²) in [6, 6.07) is 19.3. The lowest BCUT2D eigenvalue weighted by atomic mass is 10.0. The second kappa shape index (κ2) is 8.78. The van der Waals surface area contributed by atoms with Gasteiger partial charge in [0.05, 0.1) is 22.9 Å². The van der Waals surface area contributed by atoms with Crippen molar-refractivity contribution in [3.05, 3.63) is 95.7 Å². The van der Waals surface area contributed by atoms with Crippen LogP contribution < -0.4 is 10.0 Å². The first-order valence-electron chi connectivity index (χ1n) is 10.8. The zero-order chi connectivity index (χ0) is 22.8. The third-order valence-corrected chi connectivity index (χ3v) is 5.76. The van der Waals surface area contributed by atoms with E-state index in [4.69, 9.17) is 4.98 Å². The molecule has 0 saturated carbocycles.